The highest BCUT2D eigenvalue weighted by Crippen LogP contribution is 2.22. The predicted octanol–water partition coefficient (Wildman–Crippen LogP) is 3.67. The third-order valence-electron chi connectivity index (χ3n) is 3.91. The molecule has 2 heterocycles. The highest BCUT2D eigenvalue weighted by Gasteiger charge is 2.12. The molecule has 0 unspecified atom stereocenters. The van der Waals surface area contributed by atoms with Crippen LogP contribution in [0.15, 0.2) is 59.8 Å². The van der Waals surface area contributed by atoms with Crippen LogP contribution in [0.25, 0.3) is 16.7 Å². The number of fused-ring (bicyclic) bond motifs is 1. The number of nitrogens with zero attached hydrogens (tertiary/aromatic N) is 3. The topological polar surface area (TPSA) is 92.7 Å². The van der Waals surface area contributed by atoms with Gasteiger partial charge in [0.15, 0.2) is 5.65 Å². The number of carbonyl (C=O) groups excluding carboxylic acids is 1. The molecular formula is C18H11Cl2N5O2. The first-order chi connectivity index (χ1) is 13.0. The molecule has 1 amide bonds. The molecule has 0 fully saturated rings. The van der Waals surface area contributed by atoms with Crippen molar-refractivity contribution in [1.29, 1.82) is 0 Å². The van der Waals surface area contributed by atoms with E-state index in [0.29, 0.717) is 32.5 Å². The number of amides is 1. The average molecular weight is 400 g/mol. The Balaban J connectivity index is 1.60. The van der Waals surface area contributed by atoms with Crippen molar-refractivity contribution in [3.05, 3.63) is 81.0 Å². The third-order valence-corrected chi connectivity index (χ3v) is 4.48. The van der Waals surface area contributed by atoms with Gasteiger partial charge in [0.1, 0.15) is 5.39 Å². The SMILES string of the molecule is O=C(Nc1ccc(-n2ncc3c(=O)[nH]cnc32)cc1)c1cc(Cl)ccc1Cl. The first-order valence-electron chi connectivity index (χ1n) is 7.81. The fraction of sp³-hybridized carbons (Fsp3) is 0. The van der Waals surface area contributed by atoms with Crippen molar-refractivity contribution in [2.75, 3.05) is 5.32 Å². The van der Waals surface area contributed by atoms with E-state index in [1.165, 1.54) is 18.6 Å². The Hall–Kier alpha value is -3.16. The molecule has 134 valence electrons. The Kier molecular flexibility index (Phi) is 4.39. The summed E-state index contributed by atoms with van der Waals surface area (Å²) < 4.78 is 1.55. The molecule has 27 heavy (non-hydrogen) atoms. The number of halogens is 2. The lowest BCUT2D eigenvalue weighted by molar-refractivity contribution is 0.102. The molecule has 2 aromatic heterocycles. The molecule has 0 aliphatic rings. The summed E-state index contributed by atoms with van der Waals surface area (Å²) in [6.07, 6.45) is 2.78. The van der Waals surface area contributed by atoms with E-state index in [2.05, 4.69) is 20.4 Å². The first kappa shape index (κ1) is 17.3. The number of nitrogens with one attached hydrogen (secondary N) is 2. The Morgan fingerprint density at radius 1 is 1.11 bits per heavy atom. The minimum absolute atomic E-state index is 0.256. The minimum Gasteiger partial charge on any atom is -0.322 e. The van der Waals surface area contributed by atoms with Crippen LogP contribution in [0.5, 0.6) is 0 Å². The van der Waals surface area contributed by atoms with Gasteiger partial charge < -0.3 is 10.3 Å². The van der Waals surface area contributed by atoms with Gasteiger partial charge in [0.25, 0.3) is 11.5 Å². The molecule has 9 heteroatoms. The molecule has 0 saturated heterocycles. The summed E-state index contributed by atoms with van der Waals surface area (Å²) in [5.74, 6) is -0.368. The molecule has 2 N–H and O–H groups in total. The second kappa shape index (κ2) is 6.86. The Morgan fingerprint density at radius 3 is 2.67 bits per heavy atom. The zero-order valence-corrected chi connectivity index (χ0v) is 15.1. The van der Waals surface area contributed by atoms with Gasteiger partial charge in [-0.2, -0.15) is 5.10 Å². The summed E-state index contributed by atoms with van der Waals surface area (Å²) in [4.78, 5) is 30.8. The maximum Gasteiger partial charge on any atom is 0.261 e. The summed E-state index contributed by atoms with van der Waals surface area (Å²) in [7, 11) is 0. The lowest BCUT2D eigenvalue weighted by Crippen LogP contribution is -2.12. The number of anilines is 1. The Labute approximate surface area is 162 Å². The van der Waals surface area contributed by atoms with Crippen molar-refractivity contribution >= 4 is 45.8 Å². The van der Waals surface area contributed by atoms with Crippen molar-refractivity contribution in [3.8, 4) is 5.69 Å². The number of benzene rings is 2. The number of aromatic nitrogens is 4. The van der Waals surface area contributed by atoms with Gasteiger partial charge >= 0.3 is 0 Å². The van der Waals surface area contributed by atoms with E-state index in [9.17, 15) is 9.59 Å². The summed E-state index contributed by atoms with van der Waals surface area (Å²) in [6.45, 7) is 0. The molecule has 0 saturated carbocycles. The van der Waals surface area contributed by atoms with Crippen molar-refractivity contribution in [2.45, 2.75) is 0 Å². The van der Waals surface area contributed by atoms with E-state index in [1.807, 2.05) is 0 Å². The Morgan fingerprint density at radius 2 is 1.89 bits per heavy atom. The number of carbonyl (C=O) groups is 1. The van der Waals surface area contributed by atoms with Crippen LogP contribution in [0, 0.1) is 0 Å². The minimum atomic E-state index is -0.368. The van der Waals surface area contributed by atoms with Gasteiger partial charge in [-0.05, 0) is 42.5 Å². The van der Waals surface area contributed by atoms with E-state index < -0.39 is 0 Å². The number of H-pyrrole nitrogens is 1. The lowest BCUT2D eigenvalue weighted by Gasteiger charge is -2.08. The molecule has 0 radical (unpaired) electrons. The fourth-order valence-electron chi connectivity index (χ4n) is 2.60. The summed E-state index contributed by atoms with van der Waals surface area (Å²) in [6, 6.07) is 11.6. The van der Waals surface area contributed by atoms with Crippen molar-refractivity contribution < 1.29 is 4.79 Å². The largest absolute Gasteiger partial charge is 0.322 e. The number of rotatable bonds is 3. The maximum atomic E-state index is 12.4. The molecule has 0 atom stereocenters. The van der Waals surface area contributed by atoms with Gasteiger partial charge in [-0.3, -0.25) is 9.59 Å². The normalized spacial score (nSPS) is 10.9. The fourth-order valence-corrected chi connectivity index (χ4v) is 2.98. The van der Waals surface area contributed by atoms with Crippen molar-refractivity contribution in [3.63, 3.8) is 0 Å². The molecular weight excluding hydrogens is 389 g/mol. The molecule has 4 aromatic rings. The van der Waals surface area contributed by atoms with Crippen molar-refractivity contribution in [2.24, 2.45) is 0 Å². The van der Waals surface area contributed by atoms with E-state index in [4.69, 9.17) is 23.2 Å². The highest BCUT2D eigenvalue weighted by molar-refractivity contribution is 6.36. The van der Waals surface area contributed by atoms with E-state index in [0.717, 1.165) is 0 Å². The molecule has 7 nitrogen and oxygen atoms in total. The van der Waals surface area contributed by atoms with Crippen LogP contribution in [-0.4, -0.2) is 25.7 Å². The third kappa shape index (κ3) is 3.30. The second-order valence-corrected chi connectivity index (χ2v) is 6.49. The molecule has 0 aliphatic carbocycles. The predicted molar refractivity (Wildman–Crippen MR) is 104 cm³/mol. The zero-order chi connectivity index (χ0) is 19.0. The first-order valence-corrected chi connectivity index (χ1v) is 8.57. The summed E-state index contributed by atoms with van der Waals surface area (Å²) in [5, 5.41) is 8.09. The van der Waals surface area contributed by atoms with Crippen LogP contribution in [0.2, 0.25) is 10.0 Å². The van der Waals surface area contributed by atoms with Crippen LogP contribution >= 0.6 is 23.2 Å². The van der Waals surface area contributed by atoms with Crippen molar-refractivity contribution in [1.82, 2.24) is 19.7 Å². The second-order valence-electron chi connectivity index (χ2n) is 5.65. The molecule has 0 bridgehead atoms. The molecule has 4 rings (SSSR count). The average Bonchev–Trinajstić information content (AvgIpc) is 3.10. The van der Waals surface area contributed by atoms with Gasteiger partial charge in [-0.25, -0.2) is 9.67 Å². The van der Waals surface area contributed by atoms with E-state index >= 15 is 0 Å². The van der Waals surface area contributed by atoms with Gasteiger partial charge in [-0.15, -0.1) is 0 Å². The highest BCUT2D eigenvalue weighted by atomic mass is 35.5. The van der Waals surface area contributed by atoms with Crippen LogP contribution < -0.4 is 10.9 Å². The zero-order valence-electron chi connectivity index (χ0n) is 13.6. The molecule has 2 aromatic carbocycles. The quantitative estimate of drug-likeness (QED) is 0.549. The maximum absolute atomic E-state index is 12.4. The van der Waals surface area contributed by atoms with Gasteiger partial charge in [0.2, 0.25) is 0 Å². The van der Waals surface area contributed by atoms with Crippen LogP contribution in [-0.2, 0) is 0 Å². The van der Waals surface area contributed by atoms with Crippen LogP contribution in [0.4, 0.5) is 5.69 Å². The number of hydrogen-bond acceptors (Lipinski definition) is 4. The summed E-state index contributed by atoms with van der Waals surface area (Å²) >= 11 is 12.0. The van der Waals surface area contributed by atoms with Gasteiger partial charge in [0, 0.05) is 10.7 Å². The smallest absolute Gasteiger partial charge is 0.261 e. The lowest BCUT2D eigenvalue weighted by atomic mass is 10.2. The molecule has 0 spiro atoms. The summed E-state index contributed by atoms with van der Waals surface area (Å²) in [5.41, 5.74) is 1.74. The van der Waals surface area contributed by atoms with Gasteiger partial charge in [-0.1, -0.05) is 23.2 Å². The van der Waals surface area contributed by atoms with Gasteiger partial charge in [0.05, 0.1) is 28.8 Å². The van der Waals surface area contributed by atoms with E-state index in [1.54, 1.807) is 41.1 Å². The van der Waals surface area contributed by atoms with Crippen LogP contribution in [0.3, 0.4) is 0 Å². The standard InChI is InChI=1S/C18H11Cl2N5O2/c19-10-1-6-15(20)13(7-10)18(27)24-11-2-4-12(5-3-11)25-16-14(8-23-25)17(26)22-9-21-16/h1-9H,(H,24,27)(H,21,22,26). The number of hydrogen-bond donors (Lipinski definition) is 2. The monoisotopic (exact) mass is 399 g/mol. The Bertz CT molecular complexity index is 1210. The molecule has 0 aliphatic heterocycles. The van der Waals surface area contributed by atoms with Crippen LogP contribution in [0.1, 0.15) is 10.4 Å². The van der Waals surface area contributed by atoms with E-state index in [-0.39, 0.29) is 17.0 Å². The number of aromatic amines is 1.